The van der Waals surface area contributed by atoms with Gasteiger partial charge in [0.15, 0.2) is 5.78 Å². The van der Waals surface area contributed by atoms with Crippen LogP contribution in [0.15, 0.2) is 66.7 Å². The number of rotatable bonds is 3. The summed E-state index contributed by atoms with van der Waals surface area (Å²) in [6.45, 7) is 4.40. The molecular weight excluding hydrogens is 356 g/mol. The van der Waals surface area contributed by atoms with Gasteiger partial charge >= 0.3 is 0 Å². The summed E-state index contributed by atoms with van der Waals surface area (Å²) in [5, 5.41) is 10.7. The smallest absolute Gasteiger partial charge is 0.189 e. The second-order valence-corrected chi connectivity index (χ2v) is 7.88. The second kappa shape index (κ2) is 8.08. The van der Waals surface area contributed by atoms with Gasteiger partial charge in [0, 0.05) is 17.2 Å². The zero-order chi connectivity index (χ0) is 20.4. The van der Waals surface area contributed by atoms with Crippen LogP contribution in [0.5, 0.6) is 0 Å². The van der Waals surface area contributed by atoms with Crippen LogP contribution in [0.25, 0.3) is 5.76 Å². The Bertz CT molecular complexity index is 1040. The number of hydrogen-bond donors (Lipinski definition) is 1. The highest BCUT2D eigenvalue weighted by atomic mass is 16.3. The third-order valence-corrected chi connectivity index (χ3v) is 6.13. The van der Waals surface area contributed by atoms with Crippen molar-refractivity contribution in [3.63, 3.8) is 0 Å². The van der Waals surface area contributed by atoms with E-state index < -0.39 is 0 Å². The Labute approximate surface area is 172 Å². The Kier molecular flexibility index (Phi) is 5.35. The summed E-state index contributed by atoms with van der Waals surface area (Å²) in [6.07, 6.45) is 5.16. The van der Waals surface area contributed by atoms with Gasteiger partial charge in [-0.1, -0.05) is 48.5 Å². The molecule has 2 nitrogen and oxygen atoms in total. The van der Waals surface area contributed by atoms with E-state index in [4.69, 9.17) is 0 Å². The fourth-order valence-corrected chi connectivity index (χ4v) is 4.22. The fraction of sp³-hybridized carbons (Fsp3) is 0.222. The van der Waals surface area contributed by atoms with E-state index in [0.29, 0.717) is 5.56 Å². The number of aliphatic hydroxyl groups is 1. The number of allylic oxidation sites excluding steroid dienone is 1. The molecular formula is C27H26O2. The quantitative estimate of drug-likeness (QED) is 0.344. The van der Waals surface area contributed by atoms with E-state index in [0.717, 1.165) is 31.2 Å². The molecule has 0 aliphatic heterocycles. The first kappa shape index (κ1) is 19.2. The predicted octanol–water partition coefficient (Wildman–Crippen LogP) is 5.97. The molecule has 0 aromatic heterocycles. The first-order chi connectivity index (χ1) is 14.0. The number of hydrogen-bond acceptors (Lipinski definition) is 2. The number of aliphatic hydroxyl groups excluding tert-OH is 1. The molecule has 146 valence electrons. The molecule has 4 rings (SSSR count). The molecule has 0 spiro atoms. The van der Waals surface area contributed by atoms with Gasteiger partial charge in [-0.05, 0) is 85.0 Å². The molecule has 0 fully saturated rings. The van der Waals surface area contributed by atoms with Crippen molar-refractivity contribution in [3.05, 3.63) is 111 Å². The van der Waals surface area contributed by atoms with Crippen LogP contribution in [-0.2, 0) is 25.7 Å². The number of aryl methyl sites for hydroxylation is 4. The summed E-state index contributed by atoms with van der Waals surface area (Å²) in [6, 6.07) is 19.8. The molecule has 1 N–H and O–H groups in total. The SMILES string of the molecule is Cc1c2cccc1CCc1cc(/C(O)=C\C(=O)c3ccccc3)cc(c1C)CC2. The molecule has 1 aliphatic carbocycles. The maximum absolute atomic E-state index is 12.5. The van der Waals surface area contributed by atoms with Crippen molar-refractivity contribution in [2.24, 2.45) is 0 Å². The van der Waals surface area contributed by atoms with E-state index >= 15 is 0 Å². The van der Waals surface area contributed by atoms with Crippen LogP contribution in [0, 0.1) is 13.8 Å². The molecule has 4 bridgehead atoms. The number of carbonyl (C=O) groups is 1. The van der Waals surface area contributed by atoms with Gasteiger partial charge in [-0.2, -0.15) is 0 Å². The largest absolute Gasteiger partial charge is 0.507 e. The monoisotopic (exact) mass is 382 g/mol. The summed E-state index contributed by atoms with van der Waals surface area (Å²) in [5.41, 5.74) is 9.31. The number of ketones is 1. The lowest BCUT2D eigenvalue weighted by atomic mass is 9.87. The Hall–Kier alpha value is -3.13. The molecule has 0 unspecified atom stereocenters. The van der Waals surface area contributed by atoms with E-state index in [1.807, 2.05) is 30.3 Å². The first-order valence-electron chi connectivity index (χ1n) is 10.2. The number of benzene rings is 3. The highest BCUT2D eigenvalue weighted by Gasteiger charge is 2.15. The van der Waals surface area contributed by atoms with Crippen molar-refractivity contribution in [2.75, 3.05) is 0 Å². The van der Waals surface area contributed by atoms with E-state index in [9.17, 15) is 9.90 Å². The van der Waals surface area contributed by atoms with Gasteiger partial charge in [0.2, 0.25) is 0 Å². The molecule has 29 heavy (non-hydrogen) atoms. The maximum atomic E-state index is 12.5. The highest BCUT2D eigenvalue weighted by Crippen LogP contribution is 2.27. The highest BCUT2D eigenvalue weighted by molar-refractivity contribution is 6.07. The standard InChI is InChI=1S/C27H26O2/c1-18-20-9-6-10-21(18)12-14-24-16-25(15-23(13-11-20)19(24)2)27(29)17-26(28)22-7-4-3-5-8-22/h3-10,15-17,29H,11-14H2,1-2H3/b27-17+. The lowest BCUT2D eigenvalue weighted by Crippen LogP contribution is -2.07. The lowest BCUT2D eigenvalue weighted by Gasteiger charge is -2.19. The number of carbonyl (C=O) groups excluding carboxylic acids is 1. The Morgan fingerprint density at radius 1 is 0.724 bits per heavy atom. The predicted molar refractivity (Wildman–Crippen MR) is 119 cm³/mol. The third kappa shape index (κ3) is 4.02. The molecule has 3 aromatic carbocycles. The minimum absolute atomic E-state index is 0.0353. The molecule has 0 radical (unpaired) electrons. The summed E-state index contributed by atoms with van der Waals surface area (Å²) in [4.78, 5) is 12.5. The van der Waals surface area contributed by atoms with Crippen molar-refractivity contribution < 1.29 is 9.90 Å². The van der Waals surface area contributed by atoms with Gasteiger partial charge < -0.3 is 5.11 Å². The third-order valence-electron chi connectivity index (χ3n) is 6.13. The molecule has 1 aliphatic rings. The first-order valence-corrected chi connectivity index (χ1v) is 10.2. The number of fused-ring (bicyclic) bond motifs is 4. The molecule has 0 saturated carbocycles. The molecule has 0 atom stereocenters. The maximum Gasteiger partial charge on any atom is 0.189 e. The summed E-state index contributed by atoms with van der Waals surface area (Å²) < 4.78 is 0. The normalized spacial score (nSPS) is 13.8. The average molecular weight is 383 g/mol. The van der Waals surface area contributed by atoms with Gasteiger partial charge in [0.1, 0.15) is 5.76 Å². The van der Waals surface area contributed by atoms with Crippen molar-refractivity contribution in [2.45, 2.75) is 39.5 Å². The van der Waals surface area contributed by atoms with Crippen LogP contribution in [0.1, 0.15) is 49.3 Å². The lowest BCUT2D eigenvalue weighted by molar-refractivity contribution is 0.104. The zero-order valence-electron chi connectivity index (χ0n) is 17.0. The molecule has 0 heterocycles. The van der Waals surface area contributed by atoms with Crippen LogP contribution in [0.3, 0.4) is 0 Å². The Morgan fingerprint density at radius 2 is 1.24 bits per heavy atom. The average Bonchev–Trinajstić information content (AvgIpc) is 2.73. The summed E-state index contributed by atoms with van der Waals surface area (Å²) in [7, 11) is 0. The Balaban J connectivity index is 1.70. The Morgan fingerprint density at radius 3 is 1.83 bits per heavy atom. The minimum atomic E-state index is -0.182. The van der Waals surface area contributed by atoms with Crippen LogP contribution in [0.4, 0.5) is 0 Å². The summed E-state index contributed by atoms with van der Waals surface area (Å²) in [5.74, 6) is -0.147. The van der Waals surface area contributed by atoms with E-state index in [-0.39, 0.29) is 11.5 Å². The van der Waals surface area contributed by atoms with E-state index in [2.05, 4.69) is 32.0 Å². The molecule has 3 aromatic rings. The van der Waals surface area contributed by atoms with Crippen LogP contribution in [-0.4, -0.2) is 10.9 Å². The van der Waals surface area contributed by atoms with Crippen molar-refractivity contribution in [1.29, 1.82) is 0 Å². The molecule has 0 amide bonds. The van der Waals surface area contributed by atoms with Crippen LogP contribution in [0.2, 0.25) is 0 Å². The van der Waals surface area contributed by atoms with Crippen molar-refractivity contribution in [1.82, 2.24) is 0 Å². The molecule has 2 heteroatoms. The van der Waals surface area contributed by atoms with Gasteiger partial charge in [-0.3, -0.25) is 4.79 Å². The van der Waals surface area contributed by atoms with Crippen LogP contribution >= 0.6 is 0 Å². The topological polar surface area (TPSA) is 37.3 Å². The van der Waals surface area contributed by atoms with E-state index in [1.165, 1.54) is 39.5 Å². The van der Waals surface area contributed by atoms with Crippen molar-refractivity contribution in [3.8, 4) is 0 Å². The van der Waals surface area contributed by atoms with Gasteiger partial charge in [0.05, 0.1) is 0 Å². The minimum Gasteiger partial charge on any atom is -0.507 e. The van der Waals surface area contributed by atoms with Gasteiger partial charge in [-0.15, -0.1) is 0 Å². The van der Waals surface area contributed by atoms with Gasteiger partial charge in [0.25, 0.3) is 0 Å². The second-order valence-electron chi connectivity index (χ2n) is 7.88. The summed E-state index contributed by atoms with van der Waals surface area (Å²) >= 11 is 0. The fourth-order valence-electron chi connectivity index (χ4n) is 4.22. The molecule has 0 saturated heterocycles. The zero-order valence-corrected chi connectivity index (χ0v) is 17.0. The van der Waals surface area contributed by atoms with Crippen LogP contribution < -0.4 is 0 Å². The van der Waals surface area contributed by atoms with E-state index in [1.54, 1.807) is 12.1 Å². The van der Waals surface area contributed by atoms with Crippen molar-refractivity contribution >= 4 is 11.5 Å². The van der Waals surface area contributed by atoms with Gasteiger partial charge in [-0.25, -0.2) is 0 Å².